The summed E-state index contributed by atoms with van der Waals surface area (Å²) in [5.74, 6) is -1.28. The van der Waals surface area contributed by atoms with Crippen LogP contribution >= 0.6 is 0 Å². The smallest absolute Gasteiger partial charge is 0.303 e. The first-order valence-corrected chi connectivity index (χ1v) is 6.52. The summed E-state index contributed by atoms with van der Waals surface area (Å²) in [6, 6.07) is 6.51. The molecule has 5 heteroatoms. The summed E-state index contributed by atoms with van der Waals surface area (Å²) in [5.41, 5.74) is 2.22. The molecule has 1 aromatic carbocycles. The van der Waals surface area contributed by atoms with E-state index in [-0.39, 0.29) is 18.1 Å². The maximum atomic E-state index is 13.7. The minimum Gasteiger partial charge on any atom is -0.494 e. The summed E-state index contributed by atoms with van der Waals surface area (Å²) < 4.78 is 18.6. The highest BCUT2D eigenvalue weighted by Crippen LogP contribution is 2.27. The number of carbonyl (C=O) groups is 1. The van der Waals surface area contributed by atoms with Crippen molar-refractivity contribution in [2.75, 3.05) is 7.11 Å². The van der Waals surface area contributed by atoms with Gasteiger partial charge in [0.25, 0.3) is 0 Å². The fourth-order valence-corrected chi connectivity index (χ4v) is 2.11. The van der Waals surface area contributed by atoms with E-state index >= 15 is 0 Å². The van der Waals surface area contributed by atoms with Crippen molar-refractivity contribution in [1.82, 2.24) is 4.98 Å². The van der Waals surface area contributed by atoms with Gasteiger partial charge in [0, 0.05) is 18.0 Å². The molecule has 0 spiro atoms. The number of benzene rings is 1. The monoisotopic (exact) mass is 289 g/mol. The number of rotatable bonds is 5. The van der Waals surface area contributed by atoms with E-state index in [0.717, 1.165) is 11.1 Å². The standard InChI is InChI=1S/C16H16FNO3/c1-10(5-16(19)20)12-6-13(9-18-8-12)11-3-4-15(21-2)14(17)7-11/h3-4,6-10H,5H2,1-2H3,(H,19,20). The number of carboxylic acid groups (broad SMARTS) is 1. The molecule has 1 aromatic heterocycles. The lowest BCUT2D eigenvalue weighted by atomic mass is 9.96. The van der Waals surface area contributed by atoms with Crippen LogP contribution in [0.1, 0.15) is 24.8 Å². The van der Waals surface area contributed by atoms with Gasteiger partial charge in [-0.25, -0.2) is 4.39 Å². The number of aliphatic carboxylic acids is 1. The Labute approximate surface area is 122 Å². The molecule has 0 aliphatic carbocycles. The summed E-state index contributed by atoms with van der Waals surface area (Å²) in [5, 5.41) is 8.84. The molecule has 0 fully saturated rings. The molecule has 1 atom stereocenters. The van der Waals surface area contributed by atoms with Crippen molar-refractivity contribution in [1.29, 1.82) is 0 Å². The van der Waals surface area contributed by atoms with Crippen LogP contribution in [-0.4, -0.2) is 23.2 Å². The van der Waals surface area contributed by atoms with Gasteiger partial charge in [-0.1, -0.05) is 13.0 Å². The first-order chi connectivity index (χ1) is 10.0. The number of nitrogens with zero attached hydrogens (tertiary/aromatic N) is 1. The molecular weight excluding hydrogens is 273 g/mol. The summed E-state index contributed by atoms with van der Waals surface area (Å²) in [7, 11) is 1.41. The van der Waals surface area contributed by atoms with Crippen LogP contribution in [0.15, 0.2) is 36.7 Å². The van der Waals surface area contributed by atoms with E-state index in [9.17, 15) is 9.18 Å². The Balaban J connectivity index is 2.32. The van der Waals surface area contributed by atoms with E-state index in [2.05, 4.69) is 4.98 Å². The number of aromatic nitrogens is 1. The third-order valence-electron chi connectivity index (χ3n) is 3.29. The van der Waals surface area contributed by atoms with Crippen LogP contribution in [-0.2, 0) is 4.79 Å². The second kappa shape index (κ2) is 6.35. The lowest BCUT2D eigenvalue weighted by molar-refractivity contribution is -0.137. The van der Waals surface area contributed by atoms with Crippen molar-refractivity contribution >= 4 is 5.97 Å². The third-order valence-corrected chi connectivity index (χ3v) is 3.29. The average Bonchev–Trinajstić information content (AvgIpc) is 2.46. The molecule has 0 aliphatic heterocycles. The highest BCUT2D eigenvalue weighted by molar-refractivity contribution is 5.68. The molecule has 0 amide bonds. The molecule has 2 rings (SSSR count). The van der Waals surface area contributed by atoms with Gasteiger partial charge < -0.3 is 9.84 Å². The normalized spacial score (nSPS) is 12.0. The highest BCUT2D eigenvalue weighted by Gasteiger charge is 2.12. The number of ether oxygens (including phenoxy) is 1. The van der Waals surface area contributed by atoms with Gasteiger partial charge in [-0.2, -0.15) is 0 Å². The van der Waals surface area contributed by atoms with E-state index in [4.69, 9.17) is 9.84 Å². The zero-order valence-corrected chi connectivity index (χ0v) is 11.8. The fourth-order valence-electron chi connectivity index (χ4n) is 2.11. The second-order valence-corrected chi connectivity index (χ2v) is 4.86. The first-order valence-electron chi connectivity index (χ1n) is 6.52. The third kappa shape index (κ3) is 3.56. The van der Waals surface area contributed by atoms with Crippen LogP contribution in [0.3, 0.4) is 0 Å². The van der Waals surface area contributed by atoms with Crippen molar-refractivity contribution in [3.8, 4) is 16.9 Å². The second-order valence-electron chi connectivity index (χ2n) is 4.86. The van der Waals surface area contributed by atoms with Gasteiger partial charge >= 0.3 is 5.97 Å². The Morgan fingerprint density at radius 3 is 2.71 bits per heavy atom. The first kappa shape index (κ1) is 15.0. The Bertz CT molecular complexity index is 658. The predicted molar refractivity (Wildman–Crippen MR) is 76.9 cm³/mol. The zero-order valence-electron chi connectivity index (χ0n) is 11.8. The molecule has 0 aliphatic rings. The summed E-state index contributed by atoms with van der Waals surface area (Å²) in [4.78, 5) is 14.9. The maximum Gasteiger partial charge on any atom is 0.303 e. The molecule has 0 saturated carbocycles. The predicted octanol–water partition coefficient (Wildman–Crippen LogP) is 3.47. The van der Waals surface area contributed by atoms with Gasteiger partial charge in [-0.3, -0.25) is 9.78 Å². The van der Waals surface area contributed by atoms with Crippen molar-refractivity contribution in [3.63, 3.8) is 0 Å². The van der Waals surface area contributed by atoms with Crippen molar-refractivity contribution in [3.05, 3.63) is 48.0 Å². The van der Waals surface area contributed by atoms with E-state index in [1.165, 1.54) is 13.2 Å². The van der Waals surface area contributed by atoms with Crippen molar-refractivity contribution in [2.45, 2.75) is 19.3 Å². The summed E-state index contributed by atoms with van der Waals surface area (Å²) >= 11 is 0. The molecule has 2 aromatic rings. The number of hydrogen-bond acceptors (Lipinski definition) is 3. The highest BCUT2D eigenvalue weighted by atomic mass is 19.1. The van der Waals surface area contributed by atoms with Crippen LogP contribution < -0.4 is 4.74 Å². The van der Waals surface area contributed by atoms with Crippen LogP contribution in [0, 0.1) is 5.82 Å². The minimum atomic E-state index is -0.858. The number of hydrogen-bond donors (Lipinski definition) is 1. The molecule has 1 unspecified atom stereocenters. The number of carboxylic acids is 1. The number of methoxy groups -OCH3 is 1. The lowest BCUT2D eigenvalue weighted by Crippen LogP contribution is -2.03. The topological polar surface area (TPSA) is 59.4 Å². The van der Waals surface area contributed by atoms with Gasteiger partial charge in [-0.15, -0.1) is 0 Å². The molecular formula is C16H16FNO3. The zero-order chi connectivity index (χ0) is 15.4. The maximum absolute atomic E-state index is 13.7. The van der Waals surface area contributed by atoms with Gasteiger partial charge in [0.1, 0.15) is 0 Å². The van der Waals surface area contributed by atoms with Crippen molar-refractivity contribution < 1.29 is 19.0 Å². The van der Waals surface area contributed by atoms with E-state index in [1.54, 1.807) is 24.5 Å². The molecule has 110 valence electrons. The molecule has 1 N–H and O–H groups in total. The number of halogens is 1. The van der Waals surface area contributed by atoms with Gasteiger partial charge in [-0.05, 0) is 35.2 Å². The molecule has 0 saturated heterocycles. The Morgan fingerprint density at radius 1 is 1.33 bits per heavy atom. The number of pyridine rings is 1. The Morgan fingerprint density at radius 2 is 2.10 bits per heavy atom. The lowest BCUT2D eigenvalue weighted by Gasteiger charge is -2.11. The van der Waals surface area contributed by atoms with E-state index in [1.807, 2.05) is 13.0 Å². The van der Waals surface area contributed by atoms with Crippen LogP contribution in [0.4, 0.5) is 4.39 Å². The molecule has 21 heavy (non-hydrogen) atoms. The van der Waals surface area contributed by atoms with E-state index < -0.39 is 11.8 Å². The summed E-state index contributed by atoms with van der Waals surface area (Å²) in [6.07, 6.45) is 3.29. The van der Waals surface area contributed by atoms with Crippen LogP contribution in [0.2, 0.25) is 0 Å². The largest absolute Gasteiger partial charge is 0.494 e. The van der Waals surface area contributed by atoms with Gasteiger partial charge in [0.2, 0.25) is 0 Å². The quantitative estimate of drug-likeness (QED) is 0.915. The van der Waals surface area contributed by atoms with Gasteiger partial charge in [0.15, 0.2) is 11.6 Å². The van der Waals surface area contributed by atoms with E-state index in [0.29, 0.717) is 5.56 Å². The Kier molecular flexibility index (Phi) is 4.52. The minimum absolute atomic E-state index is 0.0299. The molecule has 0 radical (unpaired) electrons. The molecule has 4 nitrogen and oxygen atoms in total. The van der Waals surface area contributed by atoms with Crippen molar-refractivity contribution in [2.24, 2.45) is 0 Å². The molecule has 0 bridgehead atoms. The fraction of sp³-hybridized carbons (Fsp3) is 0.250. The summed E-state index contributed by atoms with van der Waals surface area (Å²) in [6.45, 7) is 1.82. The van der Waals surface area contributed by atoms with Gasteiger partial charge in [0.05, 0.1) is 13.5 Å². The Hall–Kier alpha value is -2.43. The molecule has 1 heterocycles. The van der Waals surface area contributed by atoms with Crippen LogP contribution in [0.5, 0.6) is 5.75 Å². The average molecular weight is 289 g/mol. The SMILES string of the molecule is COc1ccc(-c2cncc(C(C)CC(=O)O)c2)cc1F. The van der Waals surface area contributed by atoms with Crippen LogP contribution in [0.25, 0.3) is 11.1 Å².